The van der Waals surface area contributed by atoms with Crippen LogP contribution in [-0.2, 0) is 14.3 Å². The first-order chi connectivity index (χ1) is 17.0. The number of ether oxygens (including phenoxy) is 2. The maximum atomic E-state index is 13.5. The maximum Gasteiger partial charge on any atom is 0.316 e. The molecule has 0 spiro atoms. The Morgan fingerprint density at radius 1 is 1.14 bits per heavy atom. The van der Waals surface area contributed by atoms with Crippen LogP contribution in [0.2, 0.25) is 0 Å². The molecule has 2 heterocycles. The highest BCUT2D eigenvalue weighted by Gasteiger charge is 2.28. The van der Waals surface area contributed by atoms with Gasteiger partial charge in [0.05, 0.1) is 18.6 Å². The van der Waals surface area contributed by atoms with E-state index in [9.17, 15) is 14.0 Å². The zero-order valence-corrected chi connectivity index (χ0v) is 20.2. The number of esters is 1. The van der Waals surface area contributed by atoms with Gasteiger partial charge >= 0.3 is 5.97 Å². The molecule has 9 heteroatoms. The largest absolute Gasteiger partial charge is 0.484 e. The number of nitrogens with zero attached hydrogens (tertiary/aromatic N) is 3. The summed E-state index contributed by atoms with van der Waals surface area (Å²) in [5.74, 6) is -0.0694. The van der Waals surface area contributed by atoms with Crippen LogP contribution in [0.5, 0.6) is 5.75 Å². The van der Waals surface area contributed by atoms with Crippen molar-refractivity contribution in [2.45, 2.75) is 23.9 Å². The van der Waals surface area contributed by atoms with Crippen LogP contribution in [0, 0.1) is 5.82 Å². The number of rotatable bonds is 8. The lowest BCUT2D eigenvalue weighted by molar-refractivity contribution is -0.137. The Labute approximate surface area is 207 Å². The Kier molecular flexibility index (Phi) is 8.31. The van der Waals surface area contributed by atoms with Gasteiger partial charge in [-0.25, -0.2) is 14.4 Å². The fourth-order valence-electron chi connectivity index (χ4n) is 3.97. The number of hydrogen-bond donors (Lipinski definition) is 0. The summed E-state index contributed by atoms with van der Waals surface area (Å²) in [4.78, 5) is 35.4. The monoisotopic (exact) mass is 495 g/mol. The van der Waals surface area contributed by atoms with E-state index in [-0.39, 0.29) is 36.0 Å². The Bertz CT molecular complexity index is 1160. The molecule has 182 valence electrons. The first-order valence-electron chi connectivity index (χ1n) is 11.3. The standard InChI is InChI=1S/C26H26FN3O4S/c1-33-24(32)17-35-26-28-14-22(18-9-11-20(27)12-10-18)25(29-26)19-6-5-13-30(15-19)23(31)16-34-21-7-3-2-4-8-21/h2-4,7-12,14,19H,5-6,13,15-17H2,1H3/t19-/m1/s1. The van der Waals surface area contributed by atoms with Gasteiger partial charge in [0, 0.05) is 30.8 Å². The number of halogens is 1. The van der Waals surface area contributed by atoms with Crippen molar-refractivity contribution in [1.29, 1.82) is 0 Å². The van der Waals surface area contributed by atoms with Gasteiger partial charge in [-0.3, -0.25) is 9.59 Å². The lowest BCUT2D eigenvalue weighted by Crippen LogP contribution is -2.41. The van der Waals surface area contributed by atoms with E-state index >= 15 is 0 Å². The van der Waals surface area contributed by atoms with Crippen molar-refractivity contribution < 1.29 is 23.5 Å². The average Bonchev–Trinajstić information content (AvgIpc) is 2.91. The van der Waals surface area contributed by atoms with E-state index in [1.165, 1.54) is 31.0 Å². The van der Waals surface area contributed by atoms with Gasteiger partial charge in [0.25, 0.3) is 5.91 Å². The fraction of sp³-hybridized carbons (Fsp3) is 0.308. The van der Waals surface area contributed by atoms with Gasteiger partial charge in [-0.2, -0.15) is 0 Å². The second kappa shape index (κ2) is 11.8. The molecule has 3 aromatic rings. The summed E-state index contributed by atoms with van der Waals surface area (Å²) in [7, 11) is 1.34. The number of hydrogen-bond acceptors (Lipinski definition) is 7. The molecule has 0 unspecified atom stereocenters. The molecule has 0 N–H and O–H groups in total. The third-order valence-electron chi connectivity index (χ3n) is 5.76. The minimum Gasteiger partial charge on any atom is -0.484 e. The molecule has 0 aliphatic carbocycles. The highest BCUT2D eigenvalue weighted by molar-refractivity contribution is 7.99. The second-order valence-electron chi connectivity index (χ2n) is 8.10. The molecule has 1 atom stereocenters. The van der Waals surface area contributed by atoms with Crippen molar-refractivity contribution in [3.05, 3.63) is 72.3 Å². The van der Waals surface area contributed by atoms with Crippen LogP contribution in [0.1, 0.15) is 24.5 Å². The van der Waals surface area contributed by atoms with Crippen LogP contribution in [0.15, 0.2) is 66.0 Å². The topological polar surface area (TPSA) is 81.6 Å². The molecule has 7 nitrogen and oxygen atoms in total. The van der Waals surface area contributed by atoms with Crippen molar-refractivity contribution in [3.63, 3.8) is 0 Å². The van der Waals surface area contributed by atoms with Crippen molar-refractivity contribution in [2.24, 2.45) is 0 Å². The summed E-state index contributed by atoms with van der Waals surface area (Å²) in [6.45, 7) is 1.10. The minimum absolute atomic E-state index is 0.0362. The quantitative estimate of drug-likeness (QED) is 0.261. The Morgan fingerprint density at radius 3 is 2.66 bits per heavy atom. The van der Waals surface area contributed by atoms with Crippen molar-refractivity contribution in [2.75, 3.05) is 32.6 Å². The third kappa shape index (κ3) is 6.57. The van der Waals surface area contributed by atoms with Gasteiger partial charge in [0.1, 0.15) is 11.6 Å². The highest BCUT2D eigenvalue weighted by atomic mass is 32.2. The molecule has 1 aromatic heterocycles. The maximum absolute atomic E-state index is 13.5. The van der Waals surface area contributed by atoms with Gasteiger partial charge in [-0.1, -0.05) is 42.1 Å². The fourth-order valence-corrected chi connectivity index (χ4v) is 4.63. The Hall–Kier alpha value is -3.46. The number of amides is 1. The molecule has 0 saturated carbocycles. The summed E-state index contributed by atoms with van der Waals surface area (Å²) in [6, 6.07) is 15.4. The number of para-hydroxylation sites is 1. The third-order valence-corrected chi connectivity index (χ3v) is 6.60. The molecule has 1 aliphatic rings. The van der Waals surface area contributed by atoms with Gasteiger partial charge in [-0.15, -0.1) is 0 Å². The van der Waals surface area contributed by atoms with E-state index in [4.69, 9.17) is 14.5 Å². The SMILES string of the molecule is COC(=O)CSc1ncc(-c2ccc(F)cc2)c([C@@H]2CCCN(C(=O)COc3ccccc3)C2)n1. The number of likely N-dealkylation sites (tertiary alicyclic amines) is 1. The number of thioether (sulfide) groups is 1. The van der Waals surface area contributed by atoms with Crippen LogP contribution >= 0.6 is 11.8 Å². The predicted molar refractivity (Wildman–Crippen MR) is 131 cm³/mol. The van der Waals surface area contributed by atoms with Crippen molar-refractivity contribution >= 4 is 23.6 Å². The van der Waals surface area contributed by atoms with Crippen LogP contribution in [0.25, 0.3) is 11.1 Å². The molecule has 4 rings (SSSR count). The lowest BCUT2D eigenvalue weighted by atomic mass is 9.90. The molecule has 1 saturated heterocycles. The minimum atomic E-state index is -0.365. The number of methoxy groups -OCH3 is 1. The van der Waals surface area contributed by atoms with Gasteiger partial charge < -0.3 is 14.4 Å². The van der Waals surface area contributed by atoms with E-state index in [1.807, 2.05) is 30.3 Å². The molecule has 1 amide bonds. The first kappa shape index (κ1) is 24.7. The van der Waals surface area contributed by atoms with Crippen molar-refractivity contribution in [3.8, 4) is 16.9 Å². The number of aromatic nitrogens is 2. The molecular weight excluding hydrogens is 469 g/mol. The first-order valence-corrected chi connectivity index (χ1v) is 12.3. The number of benzene rings is 2. The number of carbonyl (C=O) groups excluding carboxylic acids is 2. The van der Waals surface area contributed by atoms with E-state index in [0.29, 0.717) is 24.0 Å². The molecule has 1 fully saturated rings. The zero-order valence-electron chi connectivity index (χ0n) is 19.4. The molecule has 35 heavy (non-hydrogen) atoms. The van der Waals surface area contributed by atoms with Gasteiger partial charge in [0.2, 0.25) is 0 Å². The normalized spacial score (nSPS) is 15.5. The van der Waals surface area contributed by atoms with E-state index in [0.717, 1.165) is 29.7 Å². The number of carbonyl (C=O) groups is 2. The van der Waals surface area contributed by atoms with E-state index < -0.39 is 0 Å². The second-order valence-corrected chi connectivity index (χ2v) is 9.05. The highest BCUT2D eigenvalue weighted by Crippen LogP contribution is 2.34. The predicted octanol–water partition coefficient (Wildman–Crippen LogP) is 4.33. The Balaban J connectivity index is 1.54. The summed E-state index contributed by atoms with van der Waals surface area (Å²) >= 11 is 1.19. The Morgan fingerprint density at radius 2 is 1.91 bits per heavy atom. The molecule has 0 bridgehead atoms. The zero-order chi connectivity index (χ0) is 24.6. The summed E-state index contributed by atoms with van der Waals surface area (Å²) in [5, 5.41) is 0.451. The van der Waals surface area contributed by atoms with E-state index in [1.54, 1.807) is 23.2 Å². The van der Waals surface area contributed by atoms with E-state index in [2.05, 4.69) is 4.98 Å². The van der Waals surface area contributed by atoms with Crippen molar-refractivity contribution in [1.82, 2.24) is 14.9 Å². The summed E-state index contributed by atoms with van der Waals surface area (Å²) in [5.41, 5.74) is 2.36. The molecule has 1 aliphatic heterocycles. The van der Waals surface area contributed by atoms with Crippen LogP contribution in [-0.4, -0.2) is 59.3 Å². The summed E-state index contributed by atoms with van der Waals surface area (Å²) in [6.07, 6.45) is 3.36. The van der Waals surface area contributed by atoms with Crippen LogP contribution < -0.4 is 4.74 Å². The van der Waals surface area contributed by atoms with Crippen LogP contribution in [0.3, 0.4) is 0 Å². The summed E-state index contributed by atoms with van der Waals surface area (Å²) < 4.78 is 23.9. The van der Waals surface area contributed by atoms with Gasteiger partial charge in [-0.05, 0) is 42.7 Å². The lowest BCUT2D eigenvalue weighted by Gasteiger charge is -2.33. The molecular formula is C26H26FN3O4S. The molecule has 0 radical (unpaired) electrons. The van der Waals surface area contributed by atoms with Gasteiger partial charge in [0.15, 0.2) is 11.8 Å². The molecule has 2 aromatic carbocycles. The smallest absolute Gasteiger partial charge is 0.316 e. The average molecular weight is 496 g/mol. The number of piperidine rings is 1. The van der Waals surface area contributed by atoms with Crippen LogP contribution in [0.4, 0.5) is 4.39 Å².